The van der Waals surface area contributed by atoms with Crippen molar-refractivity contribution in [3.8, 4) is 0 Å². The smallest absolute Gasteiger partial charge is 0.0406 e. The van der Waals surface area contributed by atoms with Crippen molar-refractivity contribution >= 4 is 11.6 Å². The molecule has 0 amide bonds. The van der Waals surface area contributed by atoms with E-state index in [1.165, 1.54) is 24.8 Å². The number of benzene rings is 1. The highest BCUT2D eigenvalue weighted by atomic mass is 35.5. The Kier molecular flexibility index (Phi) is 8.31. The second kappa shape index (κ2) is 9.45. The number of hydrogen-bond acceptors (Lipinski definition) is 2. The maximum absolute atomic E-state index is 5.94. The molecule has 2 nitrogen and oxygen atoms in total. The van der Waals surface area contributed by atoms with E-state index in [2.05, 4.69) is 50.2 Å². The van der Waals surface area contributed by atoms with Gasteiger partial charge in [-0.2, -0.15) is 0 Å². The van der Waals surface area contributed by atoms with E-state index in [0.29, 0.717) is 5.41 Å². The van der Waals surface area contributed by atoms with Crippen LogP contribution in [0.5, 0.6) is 0 Å². The van der Waals surface area contributed by atoms with Gasteiger partial charge < -0.3 is 10.2 Å². The van der Waals surface area contributed by atoms with Crippen molar-refractivity contribution < 1.29 is 0 Å². The second-order valence-corrected chi connectivity index (χ2v) is 6.97. The summed E-state index contributed by atoms with van der Waals surface area (Å²) in [6.45, 7) is 11.2. The summed E-state index contributed by atoms with van der Waals surface area (Å²) >= 11 is 5.94. The summed E-state index contributed by atoms with van der Waals surface area (Å²) in [5.41, 5.74) is 1.66. The van der Waals surface area contributed by atoms with Gasteiger partial charge in [-0.25, -0.2) is 0 Å². The number of halogens is 1. The van der Waals surface area contributed by atoms with Gasteiger partial charge in [0.2, 0.25) is 0 Å². The summed E-state index contributed by atoms with van der Waals surface area (Å²) in [6.07, 6.45) is 3.69. The zero-order valence-electron chi connectivity index (χ0n) is 14.1. The molecule has 0 aliphatic heterocycles. The van der Waals surface area contributed by atoms with E-state index < -0.39 is 0 Å². The van der Waals surface area contributed by atoms with Crippen LogP contribution in [-0.2, 0) is 6.54 Å². The zero-order chi connectivity index (χ0) is 15.7. The minimum Gasteiger partial charge on any atom is -0.316 e. The SMILES string of the molecule is CCCNCC(C)(CCC)CN(C)Cc1ccc(Cl)cc1. The van der Waals surface area contributed by atoms with Gasteiger partial charge in [0, 0.05) is 24.7 Å². The second-order valence-electron chi connectivity index (χ2n) is 6.54. The molecular formula is C18H31ClN2. The molecule has 0 heterocycles. The highest BCUT2D eigenvalue weighted by Gasteiger charge is 2.24. The molecule has 1 atom stereocenters. The van der Waals surface area contributed by atoms with E-state index >= 15 is 0 Å². The average molecular weight is 311 g/mol. The predicted octanol–water partition coefficient (Wildman–Crippen LogP) is 4.58. The fraction of sp³-hybridized carbons (Fsp3) is 0.667. The summed E-state index contributed by atoms with van der Waals surface area (Å²) in [5.74, 6) is 0. The number of rotatable bonds is 10. The van der Waals surface area contributed by atoms with Gasteiger partial charge in [0.15, 0.2) is 0 Å². The maximum Gasteiger partial charge on any atom is 0.0406 e. The lowest BCUT2D eigenvalue weighted by Gasteiger charge is -2.34. The molecule has 1 rings (SSSR count). The normalized spacial score (nSPS) is 14.4. The summed E-state index contributed by atoms with van der Waals surface area (Å²) in [6, 6.07) is 8.17. The number of hydrogen-bond donors (Lipinski definition) is 1. The third kappa shape index (κ3) is 7.30. The van der Waals surface area contributed by atoms with Crippen LogP contribution in [0, 0.1) is 5.41 Å². The summed E-state index contributed by atoms with van der Waals surface area (Å²) in [5, 5.41) is 4.40. The van der Waals surface area contributed by atoms with Crippen LogP contribution in [0.1, 0.15) is 45.6 Å². The van der Waals surface area contributed by atoms with Crippen LogP contribution in [0.4, 0.5) is 0 Å². The van der Waals surface area contributed by atoms with Gasteiger partial charge in [-0.1, -0.05) is 50.9 Å². The largest absolute Gasteiger partial charge is 0.316 e. The Morgan fingerprint density at radius 3 is 2.38 bits per heavy atom. The van der Waals surface area contributed by atoms with Gasteiger partial charge in [0.25, 0.3) is 0 Å². The quantitative estimate of drug-likeness (QED) is 0.636. The highest BCUT2D eigenvalue weighted by molar-refractivity contribution is 6.30. The van der Waals surface area contributed by atoms with Crippen molar-refractivity contribution in [2.75, 3.05) is 26.7 Å². The van der Waals surface area contributed by atoms with Crippen molar-refractivity contribution in [3.63, 3.8) is 0 Å². The molecule has 0 aromatic heterocycles. The zero-order valence-corrected chi connectivity index (χ0v) is 14.8. The van der Waals surface area contributed by atoms with Crippen molar-refractivity contribution in [1.29, 1.82) is 0 Å². The summed E-state index contributed by atoms with van der Waals surface area (Å²) < 4.78 is 0. The molecular weight excluding hydrogens is 280 g/mol. The van der Waals surface area contributed by atoms with Crippen molar-refractivity contribution in [1.82, 2.24) is 10.2 Å². The van der Waals surface area contributed by atoms with Gasteiger partial charge in [-0.3, -0.25) is 0 Å². The Labute approximate surface area is 135 Å². The van der Waals surface area contributed by atoms with E-state index in [0.717, 1.165) is 31.2 Å². The fourth-order valence-corrected chi connectivity index (χ4v) is 3.13. The molecule has 0 radical (unpaired) electrons. The lowest BCUT2D eigenvalue weighted by atomic mass is 9.84. The Hall–Kier alpha value is -0.570. The molecule has 1 aromatic rings. The van der Waals surface area contributed by atoms with Crippen molar-refractivity contribution in [2.24, 2.45) is 5.41 Å². The Bertz CT molecular complexity index is 391. The third-order valence-corrected chi connectivity index (χ3v) is 4.10. The molecule has 0 bridgehead atoms. The Balaban J connectivity index is 2.54. The van der Waals surface area contributed by atoms with Crippen LogP contribution in [0.3, 0.4) is 0 Å². The van der Waals surface area contributed by atoms with E-state index in [9.17, 15) is 0 Å². The number of nitrogens with zero attached hydrogens (tertiary/aromatic N) is 1. The van der Waals surface area contributed by atoms with Gasteiger partial charge in [-0.15, -0.1) is 0 Å². The van der Waals surface area contributed by atoms with Crippen LogP contribution in [0.15, 0.2) is 24.3 Å². The molecule has 120 valence electrons. The van der Waals surface area contributed by atoms with Crippen molar-refractivity contribution in [2.45, 2.75) is 46.6 Å². The van der Waals surface area contributed by atoms with E-state index in [-0.39, 0.29) is 0 Å². The third-order valence-electron chi connectivity index (χ3n) is 3.85. The molecule has 0 saturated carbocycles. The minimum atomic E-state index is 0.338. The molecule has 21 heavy (non-hydrogen) atoms. The predicted molar refractivity (Wildman–Crippen MR) is 94.0 cm³/mol. The van der Waals surface area contributed by atoms with E-state index in [4.69, 9.17) is 11.6 Å². The topological polar surface area (TPSA) is 15.3 Å². The summed E-state index contributed by atoms with van der Waals surface area (Å²) in [7, 11) is 2.21. The first-order chi connectivity index (χ1) is 9.99. The van der Waals surface area contributed by atoms with E-state index in [1.54, 1.807) is 0 Å². The van der Waals surface area contributed by atoms with Crippen LogP contribution < -0.4 is 5.32 Å². The maximum atomic E-state index is 5.94. The lowest BCUT2D eigenvalue weighted by Crippen LogP contribution is -2.41. The molecule has 0 aliphatic carbocycles. The van der Waals surface area contributed by atoms with Gasteiger partial charge in [0.05, 0.1) is 0 Å². The molecule has 0 spiro atoms. The monoisotopic (exact) mass is 310 g/mol. The first-order valence-corrected chi connectivity index (χ1v) is 8.50. The first-order valence-electron chi connectivity index (χ1n) is 8.13. The molecule has 1 unspecified atom stereocenters. The van der Waals surface area contributed by atoms with E-state index in [1.807, 2.05) is 12.1 Å². The fourth-order valence-electron chi connectivity index (χ4n) is 3.00. The van der Waals surface area contributed by atoms with Gasteiger partial charge in [0.1, 0.15) is 0 Å². The summed E-state index contributed by atoms with van der Waals surface area (Å²) in [4.78, 5) is 2.42. The van der Waals surface area contributed by atoms with Crippen LogP contribution in [-0.4, -0.2) is 31.6 Å². The molecule has 0 fully saturated rings. The molecule has 0 saturated heterocycles. The average Bonchev–Trinajstić information content (AvgIpc) is 2.41. The van der Waals surface area contributed by atoms with Crippen LogP contribution in [0.25, 0.3) is 0 Å². The van der Waals surface area contributed by atoms with Crippen LogP contribution in [0.2, 0.25) is 5.02 Å². The Morgan fingerprint density at radius 1 is 1.14 bits per heavy atom. The molecule has 0 aliphatic rings. The van der Waals surface area contributed by atoms with Gasteiger partial charge >= 0.3 is 0 Å². The highest BCUT2D eigenvalue weighted by Crippen LogP contribution is 2.24. The number of nitrogens with one attached hydrogen (secondary N) is 1. The van der Waals surface area contributed by atoms with Crippen LogP contribution >= 0.6 is 11.6 Å². The van der Waals surface area contributed by atoms with Crippen molar-refractivity contribution in [3.05, 3.63) is 34.9 Å². The minimum absolute atomic E-state index is 0.338. The standard InChI is InChI=1S/C18H31ClN2/c1-5-11-18(3,14-20-12-6-2)15-21(4)13-16-7-9-17(19)10-8-16/h7-10,20H,5-6,11-15H2,1-4H3. The molecule has 1 N–H and O–H groups in total. The first kappa shape index (κ1) is 18.5. The Morgan fingerprint density at radius 2 is 1.81 bits per heavy atom. The molecule has 1 aromatic carbocycles. The lowest BCUT2D eigenvalue weighted by molar-refractivity contribution is 0.168. The molecule has 3 heteroatoms. The van der Waals surface area contributed by atoms with Gasteiger partial charge in [-0.05, 0) is 49.5 Å².